The minimum absolute atomic E-state index is 0.0710. The first-order chi connectivity index (χ1) is 13.0. The number of nitrogens with one attached hydrogen (secondary N) is 1. The zero-order chi connectivity index (χ0) is 19.2. The fourth-order valence-corrected chi connectivity index (χ4v) is 3.46. The van der Waals surface area contributed by atoms with Crippen LogP contribution in [-0.2, 0) is 11.3 Å². The highest BCUT2D eigenvalue weighted by Crippen LogP contribution is 2.26. The van der Waals surface area contributed by atoms with Crippen LogP contribution in [0.2, 0.25) is 5.02 Å². The molecule has 27 heavy (non-hydrogen) atoms. The third kappa shape index (κ3) is 5.34. The predicted molar refractivity (Wildman–Crippen MR) is 111 cm³/mol. The molecule has 7 heteroatoms. The molecule has 0 aliphatic heterocycles. The number of carbonyl (C=O) groups excluding carboxylic acids is 1. The number of hydrogen-bond donors (Lipinski definition) is 1. The number of anilines is 1. The van der Waals surface area contributed by atoms with Crippen LogP contribution in [0.4, 0.5) is 5.69 Å². The lowest BCUT2D eigenvalue weighted by Gasteiger charge is -2.12. The van der Waals surface area contributed by atoms with Crippen LogP contribution in [-0.4, -0.2) is 26.4 Å². The molecule has 0 bridgehead atoms. The number of nitrogens with zero attached hydrogens (tertiary/aromatic N) is 3. The molecular weight excluding hydrogens is 380 g/mol. The van der Waals surface area contributed by atoms with Crippen molar-refractivity contribution in [3.05, 3.63) is 59.6 Å². The second-order valence-electron chi connectivity index (χ2n) is 6.52. The van der Waals surface area contributed by atoms with Gasteiger partial charge in [-0.1, -0.05) is 55.4 Å². The van der Waals surface area contributed by atoms with Gasteiger partial charge in [-0.25, -0.2) is 0 Å². The van der Waals surface area contributed by atoms with Crippen molar-refractivity contribution in [2.24, 2.45) is 5.92 Å². The second-order valence-corrected chi connectivity index (χ2v) is 7.90. The maximum absolute atomic E-state index is 12.2. The summed E-state index contributed by atoms with van der Waals surface area (Å²) < 4.78 is 2.06. The second kappa shape index (κ2) is 9.06. The molecule has 1 aromatic heterocycles. The molecule has 3 rings (SSSR count). The molecule has 5 nitrogen and oxygen atoms in total. The highest BCUT2D eigenvalue weighted by atomic mass is 35.5. The molecule has 3 aromatic rings. The van der Waals surface area contributed by atoms with Gasteiger partial charge in [-0.3, -0.25) is 4.79 Å². The fourth-order valence-electron chi connectivity index (χ4n) is 2.59. The Morgan fingerprint density at radius 3 is 2.48 bits per heavy atom. The van der Waals surface area contributed by atoms with E-state index in [-0.39, 0.29) is 11.7 Å². The normalized spacial score (nSPS) is 11.0. The van der Waals surface area contributed by atoms with Crippen LogP contribution < -0.4 is 5.32 Å². The number of rotatable bonds is 7. The van der Waals surface area contributed by atoms with Crippen LogP contribution in [0.3, 0.4) is 0 Å². The number of aromatic nitrogens is 3. The van der Waals surface area contributed by atoms with E-state index < -0.39 is 0 Å². The van der Waals surface area contributed by atoms with Gasteiger partial charge in [0.15, 0.2) is 11.0 Å². The summed E-state index contributed by atoms with van der Waals surface area (Å²) in [6, 6.07) is 17.0. The van der Waals surface area contributed by atoms with Crippen molar-refractivity contribution >= 4 is 35.0 Å². The van der Waals surface area contributed by atoms with Gasteiger partial charge in [-0.2, -0.15) is 0 Å². The van der Waals surface area contributed by atoms with E-state index in [1.165, 1.54) is 11.8 Å². The van der Waals surface area contributed by atoms with Gasteiger partial charge >= 0.3 is 0 Å². The molecule has 2 aromatic carbocycles. The Morgan fingerprint density at radius 2 is 1.81 bits per heavy atom. The minimum atomic E-state index is -0.0710. The summed E-state index contributed by atoms with van der Waals surface area (Å²) >= 11 is 7.37. The average molecular weight is 401 g/mol. The molecule has 0 aliphatic carbocycles. The fraction of sp³-hybridized carbons (Fsp3) is 0.250. The molecule has 1 amide bonds. The Kier molecular flexibility index (Phi) is 6.53. The van der Waals surface area contributed by atoms with Crippen LogP contribution in [0.25, 0.3) is 11.4 Å². The predicted octanol–water partition coefficient (Wildman–Crippen LogP) is 4.99. The van der Waals surface area contributed by atoms with E-state index in [0.29, 0.717) is 10.9 Å². The molecule has 0 fully saturated rings. The Hall–Kier alpha value is -2.31. The standard InChI is InChI=1S/C20H21ClN4OS/c1-14(2)12-25-19(15-8-10-16(21)11-9-15)23-24-20(25)27-13-18(26)22-17-6-4-3-5-7-17/h3-11,14H,12-13H2,1-2H3,(H,22,26). The van der Waals surface area contributed by atoms with Gasteiger partial charge in [0.25, 0.3) is 0 Å². The molecule has 0 unspecified atom stereocenters. The third-order valence-electron chi connectivity index (χ3n) is 3.76. The van der Waals surface area contributed by atoms with Crippen molar-refractivity contribution in [2.45, 2.75) is 25.5 Å². The smallest absolute Gasteiger partial charge is 0.234 e. The summed E-state index contributed by atoms with van der Waals surface area (Å²) in [7, 11) is 0. The van der Waals surface area contributed by atoms with Gasteiger partial charge in [-0.15, -0.1) is 10.2 Å². The SMILES string of the molecule is CC(C)Cn1c(SCC(=O)Nc2ccccc2)nnc1-c1ccc(Cl)cc1. The Bertz CT molecular complexity index is 894. The van der Waals surface area contributed by atoms with E-state index in [2.05, 4.69) is 33.9 Å². The van der Waals surface area contributed by atoms with E-state index >= 15 is 0 Å². The van der Waals surface area contributed by atoms with Gasteiger partial charge in [0.1, 0.15) is 0 Å². The van der Waals surface area contributed by atoms with Gasteiger partial charge in [0.2, 0.25) is 5.91 Å². The maximum Gasteiger partial charge on any atom is 0.234 e. The van der Waals surface area contributed by atoms with Crippen LogP contribution in [0.15, 0.2) is 59.8 Å². The number of hydrogen-bond acceptors (Lipinski definition) is 4. The lowest BCUT2D eigenvalue weighted by Crippen LogP contribution is -2.15. The quantitative estimate of drug-likeness (QED) is 0.568. The lowest BCUT2D eigenvalue weighted by molar-refractivity contribution is -0.113. The van der Waals surface area contributed by atoms with E-state index in [1.807, 2.05) is 54.6 Å². The molecule has 1 heterocycles. The van der Waals surface area contributed by atoms with E-state index in [0.717, 1.165) is 28.8 Å². The molecule has 0 spiro atoms. The van der Waals surface area contributed by atoms with E-state index in [9.17, 15) is 4.79 Å². The number of amides is 1. The van der Waals surface area contributed by atoms with E-state index in [4.69, 9.17) is 11.6 Å². The Balaban J connectivity index is 1.74. The average Bonchev–Trinajstić information content (AvgIpc) is 3.03. The summed E-state index contributed by atoms with van der Waals surface area (Å²) in [5, 5.41) is 13.0. The lowest BCUT2D eigenvalue weighted by atomic mass is 10.2. The van der Waals surface area contributed by atoms with Crippen LogP contribution in [0.5, 0.6) is 0 Å². The summed E-state index contributed by atoms with van der Waals surface area (Å²) in [5.74, 6) is 1.40. The molecular formula is C20H21ClN4OS. The number of halogens is 1. The van der Waals surface area contributed by atoms with Gasteiger partial charge in [-0.05, 0) is 42.3 Å². The monoisotopic (exact) mass is 400 g/mol. The van der Waals surface area contributed by atoms with Crippen LogP contribution in [0, 0.1) is 5.92 Å². The molecule has 0 aliphatic rings. The largest absolute Gasteiger partial charge is 0.325 e. The van der Waals surface area contributed by atoms with Gasteiger partial charge < -0.3 is 9.88 Å². The zero-order valence-electron chi connectivity index (χ0n) is 15.2. The molecule has 0 saturated carbocycles. The first-order valence-electron chi connectivity index (χ1n) is 8.70. The summed E-state index contributed by atoms with van der Waals surface area (Å²) in [6.45, 7) is 5.05. The first kappa shape index (κ1) is 19.5. The topological polar surface area (TPSA) is 59.8 Å². The van der Waals surface area contributed by atoms with E-state index in [1.54, 1.807) is 0 Å². The highest BCUT2D eigenvalue weighted by Gasteiger charge is 2.16. The summed E-state index contributed by atoms with van der Waals surface area (Å²) in [5.41, 5.74) is 1.74. The Labute approximate surface area is 168 Å². The number of carbonyl (C=O) groups is 1. The van der Waals surface area contributed by atoms with Crippen LogP contribution >= 0.6 is 23.4 Å². The molecule has 0 atom stereocenters. The minimum Gasteiger partial charge on any atom is -0.325 e. The van der Waals surface area contributed by atoms with Crippen LogP contribution in [0.1, 0.15) is 13.8 Å². The van der Waals surface area contributed by atoms with Crippen molar-refractivity contribution < 1.29 is 4.79 Å². The van der Waals surface area contributed by atoms with Gasteiger partial charge in [0.05, 0.1) is 5.75 Å². The van der Waals surface area contributed by atoms with Crippen molar-refractivity contribution in [3.63, 3.8) is 0 Å². The van der Waals surface area contributed by atoms with Crippen molar-refractivity contribution in [2.75, 3.05) is 11.1 Å². The van der Waals surface area contributed by atoms with Crippen molar-refractivity contribution in [1.82, 2.24) is 14.8 Å². The number of benzene rings is 2. The Morgan fingerprint density at radius 1 is 1.11 bits per heavy atom. The summed E-state index contributed by atoms with van der Waals surface area (Å²) in [6.07, 6.45) is 0. The molecule has 1 N–H and O–H groups in total. The van der Waals surface area contributed by atoms with Gasteiger partial charge in [0, 0.05) is 22.8 Å². The molecule has 140 valence electrons. The van der Waals surface area contributed by atoms with Crippen molar-refractivity contribution in [1.29, 1.82) is 0 Å². The van der Waals surface area contributed by atoms with Crippen molar-refractivity contribution in [3.8, 4) is 11.4 Å². The molecule has 0 radical (unpaired) electrons. The molecule has 0 saturated heterocycles. The maximum atomic E-state index is 12.2. The first-order valence-corrected chi connectivity index (χ1v) is 10.1. The third-order valence-corrected chi connectivity index (χ3v) is 4.98. The number of thioether (sulfide) groups is 1. The zero-order valence-corrected chi connectivity index (χ0v) is 16.8. The number of para-hydroxylation sites is 1. The summed E-state index contributed by atoms with van der Waals surface area (Å²) in [4.78, 5) is 12.2. The highest BCUT2D eigenvalue weighted by molar-refractivity contribution is 7.99.